The fourth-order valence-corrected chi connectivity index (χ4v) is 0. The van der Waals surface area contributed by atoms with Crippen LogP contribution in [0, 0.1) is 0 Å². The Hall–Kier alpha value is 2.30. The summed E-state index contributed by atoms with van der Waals surface area (Å²) in [4.78, 5) is 0. The first-order valence-corrected chi connectivity index (χ1v) is 0. The van der Waals surface area contributed by atoms with E-state index in [1.807, 2.05) is 0 Å². The van der Waals surface area contributed by atoms with Gasteiger partial charge in [-0.2, -0.15) is 0 Å². The first-order chi connectivity index (χ1) is 0. The van der Waals surface area contributed by atoms with Gasteiger partial charge in [-0.3, -0.25) is 0 Å². The van der Waals surface area contributed by atoms with Crippen LogP contribution in [0.5, 0.6) is 0 Å². The van der Waals surface area contributed by atoms with Gasteiger partial charge in [0, 0.05) is 50.6 Å². The van der Waals surface area contributed by atoms with E-state index in [-0.39, 0.29) is 76.5 Å². The van der Waals surface area contributed by atoms with Crippen LogP contribution in [0.4, 0.5) is 0 Å². The Labute approximate surface area is 75.8 Å². The topological polar surface area (TPSA) is 0 Å². The average Bonchev–Trinajstić information content (AvgIpc) is 0. The van der Waals surface area contributed by atoms with Gasteiger partial charge in [-0.05, 0) is 0 Å². The SMILES string of the molecule is [Cu].[Fe].[H-].[H-].[Mg+2].[Ni]. The Morgan fingerprint density at radius 2 is 1.25 bits per heavy atom. The number of hydrogen-bond donors (Lipinski definition) is 0. The summed E-state index contributed by atoms with van der Waals surface area (Å²) in [5.41, 5.74) is 0. The van der Waals surface area contributed by atoms with Gasteiger partial charge in [-0.15, -0.1) is 0 Å². The van der Waals surface area contributed by atoms with Crippen molar-refractivity contribution < 1.29 is 53.5 Å². The van der Waals surface area contributed by atoms with Gasteiger partial charge in [0.1, 0.15) is 0 Å². The molecule has 4 heavy (non-hydrogen) atoms. The fourth-order valence-electron chi connectivity index (χ4n) is 0. The van der Waals surface area contributed by atoms with Crippen LogP contribution in [0.3, 0.4) is 0 Å². The number of hydrogen-bond acceptors (Lipinski definition) is 0. The summed E-state index contributed by atoms with van der Waals surface area (Å²) in [5, 5.41) is 0. The van der Waals surface area contributed by atoms with Gasteiger partial charge in [0.15, 0.2) is 0 Å². The maximum atomic E-state index is 0. The Balaban J connectivity index is 0. The maximum Gasteiger partial charge on any atom is 2.00 e. The molecule has 0 heterocycles. The van der Waals surface area contributed by atoms with E-state index >= 15 is 0 Å². The van der Waals surface area contributed by atoms with Gasteiger partial charge < -0.3 is 2.85 Å². The van der Waals surface area contributed by atoms with Crippen LogP contribution in [-0.2, 0) is 50.6 Å². The predicted molar refractivity (Wildman–Crippen MR) is 7.98 cm³/mol. The average molecular weight is 204 g/mol. The number of rotatable bonds is 0. The molecule has 0 saturated carbocycles. The molecule has 0 fully saturated rings. The molecule has 0 bridgehead atoms. The normalized spacial score (nSPS) is 0. The van der Waals surface area contributed by atoms with Crippen LogP contribution >= 0.6 is 0 Å². The molecule has 0 aliphatic rings. The minimum Gasteiger partial charge on any atom is -1.00 e. The molecule has 0 aliphatic carbocycles. The van der Waals surface area contributed by atoms with Crippen molar-refractivity contribution in [1.29, 1.82) is 0 Å². The molecule has 0 atom stereocenters. The van der Waals surface area contributed by atoms with Crippen LogP contribution in [0.2, 0.25) is 0 Å². The Morgan fingerprint density at radius 1 is 1.25 bits per heavy atom. The molecule has 0 nitrogen and oxygen atoms in total. The van der Waals surface area contributed by atoms with Gasteiger partial charge in [-0.1, -0.05) is 0 Å². The van der Waals surface area contributed by atoms with E-state index < -0.39 is 0 Å². The van der Waals surface area contributed by atoms with Crippen molar-refractivity contribution in [3.05, 3.63) is 0 Å². The van der Waals surface area contributed by atoms with Gasteiger partial charge in [0.2, 0.25) is 0 Å². The third-order valence-corrected chi connectivity index (χ3v) is 0. The second-order valence-corrected chi connectivity index (χ2v) is 0. The van der Waals surface area contributed by atoms with E-state index in [9.17, 15) is 0 Å². The molecule has 4 heteroatoms. The van der Waals surface area contributed by atoms with Gasteiger partial charge >= 0.3 is 23.1 Å². The summed E-state index contributed by atoms with van der Waals surface area (Å²) >= 11 is 0. The molecule has 0 aromatic rings. The molecule has 0 unspecified atom stereocenters. The zero-order chi connectivity index (χ0) is 0. The van der Waals surface area contributed by atoms with Crippen molar-refractivity contribution in [3.8, 4) is 0 Å². The van der Waals surface area contributed by atoms with Crippen molar-refractivity contribution in [2.45, 2.75) is 0 Å². The van der Waals surface area contributed by atoms with E-state index in [1.165, 1.54) is 0 Å². The summed E-state index contributed by atoms with van der Waals surface area (Å²) in [6, 6.07) is 0. The summed E-state index contributed by atoms with van der Waals surface area (Å²) in [7, 11) is 0. The molecule has 0 amide bonds. The third kappa shape index (κ3) is 8.85. The summed E-state index contributed by atoms with van der Waals surface area (Å²) in [6.07, 6.45) is 0. The van der Waals surface area contributed by atoms with Gasteiger partial charge in [0.25, 0.3) is 0 Å². The predicted octanol–water partition coefficient (Wildman–Crippen LogP) is -0.163. The van der Waals surface area contributed by atoms with Crippen molar-refractivity contribution in [2.24, 2.45) is 0 Å². The van der Waals surface area contributed by atoms with Crippen LogP contribution in [0.1, 0.15) is 2.85 Å². The third-order valence-electron chi connectivity index (χ3n) is 0. The molecule has 0 aliphatic heterocycles. The standard InChI is InChI=1S/Cu.Fe.Mg.Ni.2H/q;;+2;;2*-1. The minimum atomic E-state index is 0. The van der Waals surface area contributed by atoms with Crippen molar-refractivity contribution in [2.75, 3.05) is 0 Å². The Bertz CT molecular complexity index is 13.5. The molecule has 0 aromatic heterocycles. The van der Waals surface area contributed by atoms with Crippen molar-refractivity contribution >= 4 is 23.1 Å². The van der Waals surface area contributed by atoms with Crippen LogP contribution < -0.4 is 0 Å². The van der Waals surface area contributed by atoms with E-state index in [4.69, 9.17) is 0 Å². The molecule has 0 N–H and O–H groups in total. The Morgan fingerprint density at radius 3 is 1.25 bits per heavy atom. The second-order valence-electron chi connectivity index (χ2n) is 0. The van der Waals surface area contributed by atoms with E-state index in [0.29, 0.717) is 0 Å². The molecule has 33 valence electrons. The van der Waals surface area contributed by atoms with Crippen LogP contribution in [-0.4, -0.2) is 23.1 Å². The monoisotopic (exact) mass is 203 g/mol. The zero-order valence-electron chi connectivity index (χ0n) is 3.68. The van der Waals surface area contributed by atoms with Gasteiger partial charge in [-0.25, -0.2) is 0 Å². The maximum absolute atomic E-state index is 0. The van der Waals surface area contributed by atoms with Crippen molar-refractivity contribution in [1.82, 2.24) is 0 Å². The van der Waals surface area contributed by atoms with Crippen LogP contribution in [0.25, 0.3) is 0 Å². The summed E-state index contributed by atoms with van der Waals surface area (Å²) in [6.45, 7) is 0. The Kier molecular flexibility index (Phi) is 155. The first-order valence-electron chi connectivity index (χ1n) is 0. The first kappa shape index (κ1) is 33.5. The van der Waals surface area contributed by atoms with Gasteiger partial charge in [0.05, 0.1) is 0 Å². The molecule has 0 spiro atoms. The molecule has 0 saturated heterocycles. The summed E-state index contributed by atoms with van der Waals surface area (Å²) in [5.74, 6) is 0. The molecule has 0 aromatic carbocycles. The van der Waals surface area contributed by atoms with Crippen LogP contribution in [0.15, 0.2) is 0 Å². The quantitative estimate of drug-likeness (QED) is 0.481. The molecule has 0 rings (SSSR count). The molecular formula is H2CuFeMgNi. The fraction of sp³-hybridized carbons (Fsp3) is 0. The van der Waals surface area contributed by atoms with E-state index in [2.05, 4.69) is 0 Å². The zero-order valence-corrected chi connectivity index (χ0v) is 6.13. The summed E-state index contributed by atoms with van der Waals surface area (Å²) < 4.78 is 0. The van der Waals surface area contributed by atoms with E-state index in [0.717, 1.165) is 0 Å². The minimum absolute atomic E-state index is 0. The van der Waals surface area contributed by atoms with Crippen molar-refractivity contribution in [3.63, 3.8) is 0 Å². The molecule has 1 radical (unpaired) electrons. The molecular weight excluding hydrogens is 202 g/mol. The van der Waals surface area contributed by atoms with E-state index in [1.54, 1.807) is 0 Å². The smallest absolute Gasteiger partial charge is 1.00 e. The second kappa shape index (κ2) is 18.5. The largest absolute Gasteiger partial charge is 2.00 e.